The molecular weight excluding hydrogens is 377 g/mol. The van der Waals surface area contributed by atoms with E-state index in [0.717, 1.165) is 62.3 Å². The summed E-state index contributed by atoms with van der Waals surface area (Å²) in [6.07, 6.45) is 6.68. The molecule has 1 N–H and O–H groups in total. The van der Waals surface area contributed by atoms with Gasteiger partial charge < -0.3 is 10.1 Å². The lowest BCUT2D eigenvalue weighted by Gasteiger charge is -2.39. The van der Waals surface area contributed by atoms with Crippen molar-refractivity contribution in [3.05, 3.63) is 46.2 Å². The van der Waals surface area contributed by atoms with E-state index in [0.29, 0.717) is 11.7 Å². The summed E-state index contributed by atoms with van der Waals surface area (Å²) in [5.74, 6) is 0.680. The Hall–Kier alpha value is -1.99. The number of thiazole rings is 1. The van der Waals surface area contributed by atoms with Crippen LogP contribution in [0.4, 0.5) is 4.39 Å². The van der Waals surface area contributed by atoms with Crippen LogP contribution in [0.2, 0.25) is 0 Å². The quantitative estimate of drug-likeness (QED) is 0.835. The molecule has 150 valence electrons. The topological polar surface area (TPSA) is 54.5 Å². The fraction of sp³-hybridized carbons (Fsp3) is 0.524. The second kappa shape index (κ2) is 9.01. The molecule has 2 atom stereocenters. The number of amides is 1. The van der Waals surface area contributed by atoms with Crippen LogP contribution in [0.1, 0.15) is 36.3 Å². The molecule has 1 fully saturated rings. The molecule has 3 heterocycles. The van der Waals surface area contributed by atoms with Crippen LogP contribution in [0.25, 0.3) is 0 Å². The van der Waals surface area contributed by atoms with E-state index >= 15 is 0 Å². The fourth-order valence-electron chi connectivity index (χ4n) is 4.25. The van der Waals surface area contributed by atoms with Gasteiger partial charge in [-0.1, -0.05) is 6.42 Å². The van der Waals surface area contributed by atoms with Gasteiger partial charge in [-0.05, 0) is 55.4 Å². The number of piperidine rings is 1. The van der Waals surface area contributed by atoms with Crippen molar-refractivity contribution in [2.75, 3.05) is 19.7 Å². The molecule has 4 rings (SSSR count). The van der Waals surface area contributed by atoms with E-state index in [4.69, 9.17) is 4.74 Å². The van der Waals surface area contributed by atoms with E-state index in [9.17, 15) is 9.18 Å². The SMILES string of the molecule is O=C1COc2ccc(F)cc2CCCC[C@@H]2CN(Cc3nccs3)CC[C@@H]2N1. The minimum absolute atomic E-state index is 0.0231. The van der Waals surface area contributed by atoms with Gasteiger partial charge in [0.2, 0.25) is 0 Å². The molecule has 0 radical (unpaired) electrons. The van der Waals surface area contributed by atoms with Crippen molar-refractivity contribution in [3.8, 4) is 5.75 Å². The number of benzene rings is 1. The van der Waals surface area contributed by atoms with Crippen LogP contribution in [0.3, 0.4) is 0 Å². The van der Waals surface area contributed by atoms with E-state index in [-0.39, 0.29) is 24.4 Å². The zero-order valence-corrected chi connectivity index (χ0v) is 16.7. The zero-order valence-electron chi connectivity index (χ0n) is 15.9. The lowest BCUT2D eigenvalue weighted by atomic mass is 9.87. The first-order valence-corrected chi connectivity index (χ1v) is 10.9. The fourth-order valence-corrected chi connectivity index (χ4v) is 4.91. The monoisotopic (exact) mass is 403 g/mol. The Morgan fingerprint density at radius 1 is 1.32 bits per heavy atom. The summed E-state index contributed by atoms with van der Waals surface area (Å²) in [5.41, 5.74) is 0.846. The molecule has 2 aliphatic heterocycles. The first kappa shape index (κ1) is 19.3. The number of hydrogen-bond acceptors (Lipinski definition) is 5. The molecule has 0 aliphatic carbocycles. The van der Waals surface area contributed by atoms with Crippen LogP contribution in [0.15, 0.2) is 29.8 Å². The van der Waals surface area contributed by atoms with E-state index in [1.54, 1.807) is 17.4 Å². The van der Waals surface area contributed by atoms with E-state index < -0.39 is 0 Å². The standard InChI is InChI=1S/C21H26FN3O2S/c22-17-5-6-19-15(11-17)3-1-2-4-16-12-25(13-21-23-8-10-28-21)9-7-18(16)24-20(26)14-27-19/h5-6,8,10-11,16,18H,1-4,7,9,12-14H2,(H,24,26)/t16-,18+/m1/s1. The number of carbonyl (C=O) groups excluding carboxylic acids is 1. The van der Waals surface area contributed by atoms with Crippen LogP contribution < -0.4 is 10.1 Å². The third-order valence-corrected chi connectivity index (χ3v) is 6.42. The average Bonchev–Trinajstić information content (AvgIpc) is 3.18. The molecule has 2 aliphatic rings. The summed E-state index contributed by atoms with van der Waals surface area (Å²) in [4.78, 5) is 19.3. The molecule has 7 heteroatoms. The molecule has 0 spiro atoms. The van der Waals surface area contributed by atoms with Gasteiger partial charge in [0.15, 0.2) is 6.61 Å². The maximum Gasteiger partial charge on any atom is 0.258 e. The number of ether oxygens (including phenoxy) is 1. The highest BCUT2D eigenvalue weighted by atomic mass is 32.1. The number of nitrogens with one attached hydrogen (secondary N) is 1. The molecule has 0 saturated carbocycles. The van der Waals surface area contributed by atoms with Gasteiger partial charge in [-0.15, -0.1) is 11.3 Å². The smallest absolute Gasteiger partial charge is 0.258 e. The number of halogens is 1. The highest BCUT2D eigenvalue weighted by Gasteiger charge is 2.30. The lowest BCUT2D eigenvalue weighted by molar-refractivity contribution is -0.124. The number of aromatic nitrogens is 1. The van der Waals surface area contributed by atoms with Crippen LogP contribution in [0, 0.1) is 11.7 Å². The van der Waals surface area contributed by atoms with Crippen molar-refractivity contribution in [1.82, 2.24) is 15.2 Å². The van der Waals surface area contributed by atoms with Crippen molar-refractivity contribution in [3.63, 3.8) is 0 Å². The van der Waals surface area contributed by atoms with Crippen molar-refractivity contribution in [1.29, 1.82) is 0 Å². The largest absolute Gasteiger partial charge is 0.483 e. The maximum absolute atomic E-state index is 13.6. The Kier molecular flexibility index (Phi) is 6.22. The van der Waals surface area contributed by atoms with E-state index in [2.05, 4.69) is 15.2 Å². The number of likely N-dealkylation sites (tertiary alicyclic amines) is 1. The van der Waals surface area contributed by atoms with Crippen LogP contribution in [0.5, 0.6) is 5.75 Å². The second-order valence-electron chi connectivity index (χ2n) is 7.67. The minimum atomic E-state index is -0.260. The highest BCUT2D eigenvalue weighted by molar-refractivity contribution is 7.09. The number of rotatable bonds is 2. The Balaban J connectivity index is 1.43. The van der Waals surface area contributed by atoms with Crippen molar-refractivity contribution < 1.29 is 13.9 Å². The number of hydrogen-bond donors (Lipinski definition) is 1. The molecule has 2 aromatic rings. The summed E-state index contributed by atoms with van der Waals surface area (Å²) in [7, 11) is 0. The van der Waals surface area contributed by atoms with Crippen LogP contribution in [-0.2, 0) is 17.8 Å². The Labute approximate surface area is 168 Å². The number of fused-ring (bicyclic) bond motifs is 2. The molecule has 1 aromatic heterocycles. The predicted octanol–water partition coefficient (Wildman–Crippen LogP) is 3.39. The summed E-state index contributed by atoms with van der Waals surface area (Å²) in [5, 5.41) is 6.33. The molecule has 0 unspecified atom stereocenters. The van der Waals surface area contributed by atoms with Gasteiger partial charge in [-0.2, -0.15) is 0 Å². The first-order chi connectivity index (χ1) is 13.7. The normalized spacial score (nSPS) is 24.1. The maximum atomic E-state index is 13.6. The molecule has 1 saturated heterocycles. The van der Waals surface area contributed by atoms with Gasteiger partial charge in [-0.25, -0.2) is 9.37 Å². The van der Waals surface area contributed by atoms with E-state index in [1.807, 2.05) is 11.6 Å². The Morgan fingerprint density at radius 3 is 3.11 bits per heavy atom. The number of carbonyl (C=O) groups is 1. The zero-order chi connectivity index (χ0) is 19.3. The van der Waals surface area contributed by atoms with Crippen molar-refractivity contribution >= 4 is 17.2 Å². The Morgan fingerprint density at radius 2 is 2.25 bits per heavy atom. The first-order valence-electron chi connectivity index (χ1n) is 9.99. The molecule has 1 amide bonds. The number of nitrogens with zero attached hydrogens (tertiary/aromatic N) is 2. The van der Waals surface area contributed by atoms with Gasteiger partial charge in [0, 0.05) is 30.7 Å². The third kappa shape index (κ3) is 4.89. The molecule has 0 bridgehead atoms. The molecule has 5 nitrogen and oxygen atoms in total. The predicted molar refractivity (Wildman–Crippen MR) is 107 cm³/mol. The van der Waals surface area contributed by atoms with Crippen LogP contribution >= 0.6 is 11.3 Å². The summed E-state index contributed by atoms with van der Waals surface area (Å²) < 4.78 is 19.3. The van der Waals surface area contributed by atoms with Gasteiger partial charge in [-0.3, -0.25) is 9.69 Å². The second-order valence-corrected chi connectivity index (χ2v) is 8.65. The summed E-state index contributed by atoms with van der Waals surface area (Å²) in [6.45, 7) is 2.79. The lowest BCUT2D eigenvalue weighted by Crippen LogP contribution is -2.51. The van der Waals surface area contributed by atoms with Gasteiger partial charge in [0.05, 0.1) is 6.54 Å². The van der Waals surface area contributed by atoms with Gasteiger partial charge in [0.1, 0.15) is 16.6 Å². The molecule has 1 aromatic carbocycles. The van der Waals surface area contributed by atoms with Crippen molar-refractivity contribution in [2.24, 2.45) is 5.92 Å². The van der Waals surface area contributed by atoms with Crippen molar-refractivity contribution in [2.45, 2.75) is 44.7 Å². The van der Waals surface area contributed by atoms with Gasteiger partial charge in [0.25, 0.3) is 5.91 Å². The minimum Gasteiger partial charge on any atom is -0.483 e. The third-order valence-electron chi connectivity index (χ3n) is 5.66. The summed E-state index contributed by atoms with van der Waals surface area (Å²) >= 11 is 1.69. The number of aryl methyl sites for hydroxylation is 1. The Bertz CT molecular complexity index is 799. The van der Waals surface area contributed by atoms with Crippen LogP contribution in [-0.4, -0.2) is 41.5 Å². The van der Waals surface area contributed by atoms with Gasteiger partial charge >= 0.3 is 0 Å². The summed E-state index contributed by atoms with van der Waals surface area (Å²) in [6, 6.07) is 4.73. The molecule has 28 heavy (non-hydrogen) atoms. The highest BCUT2D eigenvalue weighted by Crippen LogP contribution is 2.27. The average molecular weight is 404 g/mol. The van der Waals surface area contributed by atoms with E-state index in [1.165, 1.54) is 12.1 Å². The molecular formula is C21H26FN3O2S.